The molecule has 0 saturated heterocycles. The summed E-state index contributed by atoms with van der Waals surface area (Å²) in [4.78, 5) is 34.2. The van der Waals surface area contributed by atoms with Gasteiger partial charge in [-0.2, -0.15) is 4.31 Å². The quantitative estimate of drug-likeness (QED) is 0.563. The molecule has 0 aliphatic heterocycles. The highest BCUT2D eigenvalue weighted by Crippen LogP contribution is 2.25. The Labute approximate surface area is 191 Å². The van der Waals surface area contributed by atoms with Crippen molar-refractivity contribution in [2.24, 2.45) is 0 Å². The molecule has 0 aliphatic carbocycles. The first kappa shape index (κ1) is 23.9. The number of sulfonamides is 1. The first-order valence-electron chi connectivity index (χ1n) is 10.1. The molecule has 3 rings (SSSR count). The Morgan fingerprint density at radius 1 is 1.19 bits per heavy atom. The number of H-pyrrole nitrogens is 1. The molecule has 0 unspecified atom stereocenters. The standard InChI is InChI=1S/C22H25ClN4O4S/c1-5-27(13-20-24-19-9-7-6-8-16(19)21(28)25-20)22(29)17-12-15(10-11-18(17)23)32(30,31)26(4)14(2)3/h6-12,14H,5,13H2,1-4H3,(H,24,25,28). The van der Waals surface area contributed by atoms with E-state index in [1.54, 1.807) is 45.0 Å². The van der Waals surface area contributed by atoms with Crippen molar-refractivity contribution in [2.75, 3.05) is 13.6 Å². The van der Waals surface area contributed by atoms with Gasteiger partial charge >= 0.3 is 0 Å². The first-order chi connectivity index (χ1) is 15.1. The number of benzene rings is 2. The maximum atomic E-state index is 13.2. The van der Waals surface area contributed by atoms with Crippen molar-refractivity contribution in [3.8, 4) is 0 Å². The van der Waals surface area contributed by atoms with Crippen LogP contribution in [0.5, 0.6) is 0 Å². The number of hydrogen-bond donors (Lipinski definition) is 1. The molecule has 32 heavy (non-hydrogen) atoms. The number of nitrogens with zero attached hydrogens (tertiary/aromatic N) is 3. The summed E-state index contributed by atoms with van der Waals surface area (Å²) in [5, 5.41) is 0.598. The number of hydrogen-bond acceptors (Lipinski definition) is 5. The van der Waals surface area contributed by atoms with Crippen molar-refractivity contribution >= 4 is 38.4 Å². The molecule has 1 heterocycles. The largest absolute Gasteiger partial charge is 0.331 e. The minimum absolute atomic E-state index is 0.0188. The zero-order valence-corrected chi connectivity index (χ0v) is 19.9. The molecule has 0 spiro atoms. The second kappa shape index (κ2) is 9.40. The van der Waals surface area contributed by atoms with E-state index in [9.17, 15) is 18.0 Å². The van der Waals surface area contributed by atoms with Crippen molar-refractivity contribution < 1.29 is 13.2 Å². The molecule has 0 fully saturated rings. The third-order valence-corrected chi connectivity index (χ3v) is 7.60. The smallest absolute Gasteiger partial charge is 0.258 e. The number of fused-ring (bicyclic) bond motifs is 1. The molecule has 0 aliphatic rings. The van der Waals surface area contributed by atoms with Crippen molar-refractivity contribution in [3.05, 3.63) is 69.2 Å². The van der Waals surface area contributed by atoms with Gasteiger partial charge in [-0.3, -0.25) is 9.59 Å². The number of aromatic nitrogens is 2. The minimum Gasteiger partial charge on any atom is -0.331 e. The summed E-state index contributed by atoms with van der Waals surface area (Å²) in [6, 6.07) is 10.7. The molecule has 3 aromatic rings. The SMILES string of the molecule is CCN(Cc1nc2ccccc2c(=O)[nH]1)C(=O)c1cc(S(=O)(=O)N(C)C(C)C)ccc1Cl. The molecule has 10 heteroatoms. The lowest BCUT2D eigenvalue weighted by Crippen LogP contribution is -2.34. The Bertz CT molecular complexity index is 1320. The Morgan fingerprint density at radius 2 is 1.88 bits per heavy atom. The third-order valence-electron chi connectivity index (χ3n) is 5.24. The molecule has 2 aromatic carbocycles. The number of aromatic amines is 1. The maximum Gasteiger partial charge on any atom is 0.258 e. The topological polar surface area (TPSA) is 103 Å². The van der Waals surface area contributed by atoms with Gasteiger partial charge in [0.15, 0.2) is 0 Å². The van der Waals surface area contributed by atoms with Gasteiger partial charge in [-0.1, -0.05) is 23.7 Å². The average molecular weight is 477 g/mol. The van der Waals surface area contributed by atoms with Gasteiger partial charge in [0.2, 0.25) is 10.0 Å². The van der Waals surface area contributed by atoms with Crippen LogP contribution in [0.1, 0.15) is 37.0 Å². The molecule has 8 nitrogen and oxygen atoms in total. The van der Waals surface area contributed by atoms with E-state index in [-0.39, 0.29) is 33.6 Å². The van der Waals surface area contributed by atoms with Crippen molar-refractivity contribution in [1.82, 2.24) is 19.2 Å². The van der Waals surface area contributed by atoms with E-state index in [1.807, 2.05) is 0 Å². The molecule has 0 bridgehead atoms. The number of nitrogens with one attached hydrogen (secondary N) is 1. The molecule has 0 atom stereocenters. The molecule has 0 radical (unpaired) electrons. The second-order valence-corrected chi connectivity index (χ2v) is 10.0. The number of halogens is 1. The van der Waals surface area contributed by atoms with Crippen LogP contribution in [0.2, 0.25) is 5.02 Å². The lowest BCUT2D eigenvalue weighted by molar-refractivity contribution is 0.0748. The molecule has 170 valence electrons. The van der Waals surface area contributed by atoms with E-state index >= 15 is 0 Å². The van der Waals surface area contributed by atoms with Crippen LogP contribution in [0.25, 0.3) is 10.9 Å². The summed E-state index contributed by atoms with van der Waals surface area (Å²) in [5.74, 6) is -0.138. The third kappa shape index (κ3) is 4.69. The fraction of sp³-hybridized carbons (Fsp3) is 0.318. The highest BCUT2D eigenvalue weighted by molar-refractivity contribution is 7.89. The fourth-order valence-electron chi connectivity index (χ4n) is 3.16. The van der Waals surface area contributed by atoms with Gasteiger partial charge in [0.25, 0.3) is 11.5 Å². The Kier molecular flexibility index (Phi) is 7.02. The van der Waals surface area contributed by atoms with Gasteiger partial charge in [-0.25, -0.2) is 13.4 Å². The normalized spacial score (nSPS) is 12.0. The monoisotopic (exact) mass is 476 g/mol. The number of rotatable bonds is 7. The van der Waals surface area contributed by atoms with Crippen LogP contribution >= 0.6 is 11.6 Å². The average Bonchev–Trinajstić information content (AvgIpc) is 2.76. The molecule has 1 amide bonds. The summed E-state index contributed by atoms with van der Waals surface area (Å²) in [5.41, 5.74) is 0.296. The van der Waals surface area contributed by atoms with Crippen LogP contribution in [0.4, 0.5) is 0 Å². The van der Waals surface area contributed by atoms with Crippen LogP contribution < -0.4 is 5.56 Å². The van der Waals surface area contributed by atoms with Crippen molar-refractivity contribution in [3.63, 3.8) is 0 Å². The van der Waals surface area contributed by atoms with Crippen LogP contribution in [0, 0.1) is 0 Å². The van der Waals surface area contributed by atoms with Gasteiger partial charge in [0, 0.05) is 19.6 Å². The van der Waals surface area contributed by atoms with Gasteiger partial charge in [0.1, 0.15) is 5.82 Å². The van der Waals surface area contributed by atoms with Gasteiger partial charge in [-0.05, 0) is 51.1 Å². The zero-order valence-electron chi connectivity index (χ0n) is 18.3. The predicted molar refractivity (Wildman–Crippen MR) is 124 cm³/mol. The summed E-state index contributed by atoms with van der Waals surface area (Å²) in [7, 11) is -2.31. The van der Waals surface area contributed by atoms with Gasteiger partial charge in [-0.15, -0.1) is 0 Å². The van der Waals surface area contributed by atoms with Crippen LogP contribution in [-0.2, 0) is 16.6 Å². The van der Waals surface area contributed by atoms with Crippen molar-refractivity contribution in [2.45, 2.75) is 38.3 Å². The lowest BCUT2D eigenvalue weighted by Gasteiger charge is -2.23. The van der Waals surface area contributed by atoms with Crippen LogP contribution in [0.15, 0.2) is 52.2 Å². The molecular formula is C22H25ClN4O4S. The second-order valence-electron chi connectivity index (χ2n) is 7.61. The summed E-state index contributed by atoms with van der Waals surface area (Å²) >= 11 is 6.26. The van der Waals surface area contributed by atoms with Gasteiger partial charge in [0.05, 0.1) is 32.9 Å². The number of carbonyl (C=O) groups excluding carboxylic acids is 1. The lowest BCUT2D eigenvalue weighted by atomic mass is 10.2. The van der Waals surface area contributed by atoms with Crippen molar-refractivity contribution in [1.29, 1.82) is 0 Å². The Hall–Kier alpha value is -2.75. The summed E-state index contributed by atoms with van der Waals surface area (Å²) in [6.45, 7) is 5.63. The molecule has 0 saturated carbocycles. The Morgan fingerprint density at radius 3 is 2.53 bits per heavy atom. The fourth-order valence-corrected chi connectivity index (χ4v) is 4.75. The molecule has 1 N–H and O–H groups in total. The minimum atomic E-state index is -3.79. The van der Waals surface area contributed by atoms with Crippen LogP contribution in [0.3, 0.4) is 0 Å². The number of para-hydroxylation sites is 1. The maximum absolute atomic E-state index is 13.2. The number of amides is 1. The zero-order chi connectivity index (χ0) is 23.6. The predicted octanol–water partition coefficient (Wildman–Crippen LogP) is 3.27. The highest BCUT2D eigenvalue weighted by Gasteiger charge is 2.26. The van der Waals surface area contributed by atoms with Gasteiger partial charge < -0.3 is 9.88 Å². The molecule has 1 aromatic heterocycles. The van der Waals surface area contributed by atoms with Crippen LogP contribution in [-0.4, -0.2) is 53.1 Å². The van der Waals surface area contributed by atoms with E-state index in [0.29, 0.717) is 23.3 Å². The highest BCUT2D eigenvalue weighted by atomic mass is 35.5. The van der Waals surface area contributed by atoms with E-state index in [0.717, 1.165) is 0 Å². The summed E-state index contributed by atoms with van der Waals surface area (Å²) in [6.07, 6.45) is 0. The van der Waals surface area contributed by atoms with E-state index < -0.39 is 15.9 Å². The van der Waals surface area contributed by atoms with E-state index in [2.05, 4.69) is 9.97 Å². The summed E-state index contributed by atoms with van der Waals surface area (Å²) < 4.78 is 26.9. The molecular weight excluding hydrogens is 452 g/mol. The first-order valence-corrected chi connectivity index (χ1v) is 11.9. The van der Waals surface area contributed by atoms with E-state index in [4.69, 9.17) is 11.6 Å². The Balaban J connectivity index is 1.96. The van der Waals surface area contributed by atoms with E-state index in [1.165, 1.54) is 34.5 Å². The number of carbonyl (C=O) groups is 1.